The maximum Gasteiger partial charge on any atom is 0.258 e. The first-order valence-corrected chi connectivity index (χ1v) is 5.85. The van der Waals surface area contributed by atoms with Crippen LogP contribution in [-0.4, -0.2) is 23.4 Å². The molecule has 0 atom stereocenters. The summed E-state index contributed by atoms with van der Waals surface area (Å²) in [5.74, 6) is 0.361. The lowest BCUT2D eigenvalue weighted by molar-refractivity contribution is 0.0681. The van der Waals surface area contributed by atoms with E-state index in [9.17, 15) is 4.79 Å². The van der Waals surface area contributed by atoms with Gasteiger partial charge >= 0.3 is 0 Å². The van der Waals surface area contributed by atoms with Crippen LogP contribution >= 0.6 is 11.6 Å². The topological polar surface area (TPSA) is 33.5 Å². The van der Waals surface area contributed by atoms with Gasteiger partial charge in [-0.2, -0.15) is 0 Å². The molecule has 0 saturated heterocycles. The standard InChI is InChI=1S/C12H18ClNO2/c1-8(2)7-14(9(3)4)12(15)10-5-6-16-11(10)13/h5-6,8-9H,7H2,1-4H3. The number of furan rings is 1. The van der Waals surface area contributed by atoms with Gasteiger partial charge in [0, 0.05) is 12.6 Å². The normalized spacial score (nSPS) is 11.2. The highest BCUT2D eigenvalue weighted by molar-refractivity contribution is 6.32. The fourth-order valence-corrected chi connectivity index (χ4v) is 1.72. The van der Waals surface area contributed by atoms with Crippen LogP contribution in [0.2, 0.25) is 5.22 Å². The minimum atomic E-state index is -0.0672. The Hall–Kier alpha value is -0.960. The first-order valence-electron chi connectivity index (χ1n) is 5.47. The van der Waals surface area contributed by atoms with E-state index in [0.717, 1.165) is 6.54 Å². The van der Waals surface area contributed by atoms with Crippen LogP contribution < -0.4 is 0 Å². The fraction of sp³-hybridized carbons (Fsp3) is 0.583. The van der Waals surface area contributed by atoms with Gasteiger partial charge in [0.1, 0.15) is 0 Å². The average Bonchev–Trinajstić information content (AvgIpc) is 2.59. The molecule has 0 spiro atoms. The Morgan fingerprint density at radius 2 is 2.06 bits per heavy atom. The first kappa shape index (κ1) is 13.1. The van der Waals surface area contributed by atoms with Crippen molar-refractivity contribution in [2.24, 2.45) is 5.92 Å². The lowest BCUT2D eigenvalue weighted by Gasteiger charge is -2.28. The van der Waals surface area contributed by atoms with Gasteiger partial charge in [-0.3, -0.25) is 4.79 Å². The summed E-state index contributed by atoms with van der Waals surface area (Å²) in [5.41, 5.74) is 0.441. The van der Waals surface area contributed by atoms with E-state index in [2.05, 4.69) is 13.8 Å². The summed E-state index contributed by atoms with van der Waals surface area (Å²) in [7, 11) is 0. The Kier molecular flexibility index (Phi) is 4.42. The molecule has 0 unspecified atom stereocenters. The molecule has 0 aliphatic rings. The molecule has 4 heteroatoms. The molecule has 0 aliphatic heterocycles. The van der Waals surface area contributed by atoms with Crippen molar-refractivity contribution in [2.45, 2.75) is 33.7 Å². The highest BCUT2D eigenvalue weighted by Gasteiger charge is 2.23. The third-order valence-corrected chi connectivity index (χ3v) is 2.59. The van der Waals surface area contributed by atoms with E-state index < -0.39 is 0 Å². The number of rotatable bonds is 4. The summed E-state index contributed by atoms with van der Waals surface area (Å²) in [6.45, 7) is 8.87. The zero-order valence-electron chi connectivity index (χ0n) is 10.2. The molecule has 0 fully saturated rings. The molecular formula is C12H18ClNO2. The van der Waals surface area contributed by atoms with Crippen molar-refractivity contribution in [2.75, 3.05) is 6.54 Å². The van der Waals surface area contributed by atoms with Crippen molar-refractivity contribution in [3.8, 4) is 0 Å². The van der Waals surface area contributed by atoms with Crippen molar-refractivity contribution in [1.29, 1.82) is 0 Å². The highest BCUT2D eigenvalue weighted by Crippen LogP contribution is 2.20. The number of carbonyl (C=O) groups excluding carboxylic acids is 1. The molecule has 0 radical (unpaired) electrons. The Labute approximate surface area is 101 Å². The second-order valence-corrected chi connectivity index (χ2v) is 4.90. The van der Waals surface area contributed by atoms with Crippen LogP contribution in [0.15, 0.2) is 16.7 Å². The van der Waals surface area contributed by atoms with E-state index in [0.29, 0.717) is 11.5 Å². The zero-order chi connectivity index (χ0) is 12.3. The Balaban J connectivity index is 2.88. The van der Waals surface area contributed by atoms with E-state index in [1.54, 1.807) is 11.0 Å². The summed E-state index contributed by atoms with van der Waals surface area (Å²) in [5, 5.41) is 0.166. The van der Waals surface area contributed by atoms with Gasteiger partial charge in [-0.25, -0.2) is 0 Å². The molecule has 0 bridgehead atoms. The molecule has 16 heavy (non-hydrogen) atoms. The highest BCUT2D eigenvalue weighted by atomic mass is 35.5. The van der Waals surface area contributed by atoms with Gasteiger partial charge < -0.3 is 9.32 Å². The van der Waals surface area contributed by atoms with Crippen molar-refractivity contribution < 1.29 is 9.21 Å². The quantitative estimate of drug-likeness (QED) is 0.812. The van der Waals surface area contributed by atoms with Crippen LogP contribution in [0.4, 0.5) is 0 Å². The monoisotopic (exact) mass is 243 g/mol. The van der Waals surface area contributed by atoms with Crippen LogP contribution in [0.3, 0.4) is 0 Å². The summed E-state index contributed by atoms with van der Waals surface area (Å²) in [6, 6.07) is 1.77. The maximum absolute atomic E-state index is 12.2. The van der Waals surface area contributed by atoms with E-state index in [1.807, 2.05) is 13.8 Å². The zero-order valence-corrected chi connectivity index (χ0v) is 10.9. The molecular weight excluding hydrogens is 226 g/mol. The minimum Gasteiger partial charge on any atom is -0.452 e. The van der Waals surface area contributed by atoms with Gasteiger partial charge in [-0.1, -0.05) is 13.8 Å². The number of carbonyl (C=O) groups is 1. The van der Waals surface area contributed by atoms with Crippen molar-refractivity contribution in [1.82, 2.24) is 4.90 Å². The Morgan fingerprint density at radius 3 is 2.44 bits per heavy atom. The molecule has 90 valence electrons. The fourth-order valence-electron chi connectivity index (χ4n) is 1.52. The third-order valence-electron chi connectivity index (χ3n) is 2.29. The molecule has 0 saturated carbocycles. The Morgan fingerprint density at radius 1 is 1.44 bits per heavy atom. The number of nitrogens with zero attached hydrogens (tertiary/aromatic N) is 1. The largest absolute Gasteiger partial charge is 0.452 e. The van der Waals surface area contributed by atoms with Gasteiger partial charge in [0.05, 0.1) is 11.8 Å². The molecule has 1 aromatic rings. The van der Waals surface area contributed by atoms with Crippen molar-refractivity contribution in [3.05, 3.63) is 23.1 Å². The third kappa shape index (κ3) is 3.01. The van der Waals surface area contributed by atoms with Crippen molar-refractivity contribution in [3.63, 3.8) is 0 Å². The molecule has 1 aromatic heterocycles. The molecule has 1 rings (SSSR count). The van der Waals surface area contributed by atoms with Crippen LogP contribution in [0.5, 0.6) is 0 Å². The molecule has 0 aromatic carbocycles. The number of hydrogen-bond acceptors (Lipinski definition) is 2. The SMILES string of the molecule is CC(C)CN(C(=O)c1ccoc1Cl)C(C)C. The van der Waals surface area contributed by atoms with Gasteiger partial charge in [-0.15, -0.1) is 0 Å². The average molecular weight is 244 g/mol. The minimum absolute atomic E-state index is 0.0672. The van der Waals surface area contributed by atoms with Crippen LogP contribution in [0, 0.1) is 5.92 Å². The van der Waals surface area contributed by atoms with Crippen molar-refractivity contribution >= 4 is 17.5 Å². The second kappa shape index (κ2) is 5.39. The summed E-state index contributed by atoms with van der Waals surface area (Å²) >= 11 is 5.81. The molecule has 0 N–H and O–H groups in total. The molecule has 1 amide bonds. The molecule has 3 nitrogen and oxygen atoms in total. The van der Waals surface area contributed by atoms with Crippen LogP contribution in [0.1, 0.15) is 38.1 Å². The van der Waals surface area contributed by atoms with Crippen LogP contribution in [0.25, 0.3) is 0 Å². The Bertz CT molecular complexity index is 358. The lowest BCUT2D eigenvalue weighted by Crippen LogP contribution is -2.39. The van der Waals surface area contributed by atoms with Gasteiger partial charge in [0.2, 0.25) is 5.22 Å². The number of amides is 1. The second-order valence-electron chi connectivity index (χ2n) is 4.55. The number of halogens is 1. The first-order chi connectivity index (χ1) is 7.43. The van der Waals surface area contributed by atoms with Gasteiger partial charge in [0.25, 0.3) is 5.91 Å². The molecule has 1 heterocycles. The predicted molar refractivity (Wildman–Crippen MR) is 64.7 cm³/mol. The van der Waals surface area contributed by atoms with E-state index in [-0.39, 0.29) is 17.2 Å². The summed E-state index contributed by atoms with van der Waals surface area (Å²) < 4.78 is 4.94. The molecule has 0 aliphatic carbocycles. The van der Waals surface area contributed by atoms with E-state index in [4.69, 9.17) is 16.0 Å². The predicted octanol–water partition coefficient (Wildman–Crippen LogP) is 3.44. The van der Waals surface area contributed by atoms with Crippen LogP contribution in [-0.2, 0) is 0 Å². The van der Waals surface area contributed by atoms with E-state index in [1.165, 1.54) is 6.26 Å². The summed E-state index contributed by atoms with van der Waals surface area (Å²) in [4.78, 5) is 14.0. The number of hydrogen-bond donors (Lipinski definition) is 0. The lowest BCUT2D eigenvalue weighted by atomic mass is 10.1. The maximum atomic E-state index is 12.2. The van der Waals surface area contributed by atoms with E-state index >= 15 is 0 Å². The smallest absolute Gasteiger partial charge is 0.258 e. The van der Waals surface area contributed by atoms with Gasteiger partial charge in [0.15, 0.2) is 0 Å². The van der Waals surface area contributed by atoms with Gasteiger partial charge in [-0.05, 0) is 37.4 Å². The summed E-state index contributed by atoms with van der Waals surface area (Å²) in [6.07, 6.45) is 1.43.